The first-order valence-corrected chi connectivity index (χ1v) is 4.77. The van der Waals surface area contributed by atoms with Gasteiger partial charge < -0.3 is 0 Å². The standard InChI is InChI=1S/C13H10N2/c14-10-13-9-12(6-7-15-13)8-11-4-2-1-3-5-11/h1-7,9H,8H2. The van der Waals surface area contributed by atoms with Crippen LogP contribution >= 0.6 is 0 Å². The number of hydrogen-bond donors (Lipinski definition) is 0. The van der Waals surface area contributed by atoms with Crippen molar-refractivity contribution in [2.75, 3.05) is 0 Å². The normalized spacial score (nSPS) is 9.53. The van der Waals surface area contributed by atoms with Crippen LogP contribution in [0.25, 0.3) is 0 Å². The van der Waals surface area contributed by atoms with Gasteiger partial charge in [0.15, 0.2) is 0 Å². The molecule has 72 valence electrons. The maximum Gasteiger partial charge on any atom is 0.140 e. The highest BCUT2D eigenvalue weighted by atomic mass is 14.7. The Morgan fingerprint density at radius 3 is 2.60 bits per heavy atom. The molecular weight excluding hydrogens is 184 g/mol. The van der Waals surface area contributed by atoms with Crippen LogP contribution < -0.4 is 0 Å². The second-order valence-corrected chi connectivity index (χ2v) is 3.32. The maximum atomic E-state index is 8.72. The van der Waals surface area contributed by atoms with Gasteiger partial charge in [0.25, 0.3) is 0 Å². The Labute approximate surface area is 88.8 Å². The molecule has 0 saturated heterocycles. The van der Waals surface area contributed by atoms with Crippen molar-refractivity contribution in [3.63, 3.8) is 0 Å². The van der Waals surface area contributed by atoms with E-state index in [0.29, 0.717) is 5.69 Å². The Hall–Kier alpha value is -2.14. The third-order valence-electron chi connectivity index (χ3n) is 2.19. The Bertz CT molecular complexity index is 483. The highest BCUT2D eigenvalue weighted by molar-refractivity contribution is 5.30. The van der Waals surface area contributed by atoms with E-state index in [4.69, 9.17) is 5.26 Å². The van der Waals surface area contributed by atoms with Crippen LogP contribution in [0.4, 0.5) is 0 Å². The molecule has 2 aromatic rings. The fourth-order valence-corrected chi connectivity index (χ4v) is 1.48. The summed E-state index contributed by atoms with van der Waals surface area (Å²) in [5, 5.41) is 8.72. The highest BCUT2D eigenvalue weighted by Crippen LogP contribution is 2.09. The molecule has 2 rings (SSSR count). The highest BCUT2D eigenvalue weighted by Gasteiger charge is 1.97. The average molecular weight is 194 g/mol. The van der Waals surface area contributed by atoms with Crippen LogP contribution in [-0.2, 0) is 6.42 Å². The van der Waals surface area contributed by atoms with Gasteiger partial charge in [-0.05, 0) is 29.7 Å². The second kappa shape index (κ2) is 4.39. The van der Waals surface area contributed by atoms with Gasteiger partial charge in [-0.15, -0.1) is 0 Å². The Balaban J connectivity index is 2.22. The van der Waals surface area contributed by atoms with Gasteiger partial charge in [0, 0.05) is 6.20 Å². The lowest BCUT2D eigenvalue weighted by molar-refractivity contribution is 1.15. The van der Waals surface area contributed by atoms with Gasteiger partial charge in [-0.3, -0.25) is 0 Å². The smallest absolute Gasteiger partial charge is 0.140 e. The quantitative estimate of drug-likeness (QED) is 0.736. The molecule has 15 heavy (non-hydrogen) atoms. The molecule has 0 unspecified atom stereocenters. The topological polar surface area (TPSA) is 36.7 Å². The summed E-state index contributed by atoms with van der Waals surface area (Å²) in [6.07, 6.45) is 2.52. The molecule has 0 amide bonds. The van der Waals surface area contributed by atoms with E-state index < -0.39 is 0 Å². The third kappa shape index (κ3) is 2.41. The fourth-order valence-electron chi connectivity index (χ4n) is 1.48. The molecule has 0 atom stereocenters. The molecule has 0 aliphatic carbocycles. The van der Waals surface area contributed by atoms with Gasteiger partial charge in [0.1, 0.15) is 11.8 Å². The van der Waals surface area contributed by atoms with Gasteiger partial charge in [0.05, 0.1) is 0 Å². The molecule has 0 aliphatic rings. The molecule has 0 saturated carbocycles. The lowest BCUT2D eigenvalue weighted by atomic mass is 10.1. The Morgan fingerprint density at radius 1 is 1.07 bits per heavy atom. The van der Waals surface area contributed by atoms with E-state index in [1.165, 1.54) is 5.56 Å². The molecule has 0 bridgehead atoms. The van der Waals surface area contributed by atoms with Crippen LogP contribution in [0.1, 0.15) is 16.8 Å². The van der Waals surface area contributed by atoms with Crippen LogP contribution in [0.15, 0.2) is 48.7 Å². The van der Waals surface area contributed by atoms with E-state index in [-0.39, 0.29) is 0 Å². The minimum atomic E-state index is 0.475. The summed E-state index contributed by atoms with van der Waals surface area (Å²) in [4.78, 5) is 3.94. The fraction of sp³-hybridized carbons (Fsp3) is 0.0769. The van der Waals surface area contributed by atoms with E-state index in [2.05, 4.69) is 17.1 Å². The summed E-state index contributed by atoms with van der Waals surface area (Å²) in [5.74, 6) is 0. The van der Waals surface area contributed by atoms with E-state index in [9.17, 15) is 0 Å². The van der Waals surface area contributed by atoms with E-state index in [1.807, 2.05) is 36.4 Å². The van der Waals surface area contributed by atoms with Crippen molar-refractivity contribution in [2.24, 2.45) is 0 Å². The van der Waals surface area contributed by atoms with Crippen molar-refractivity contribution in [3.05, 3.63) is 65.5 Å². The second-order valence-electron chi connectivity index (χ2n) is 3.32. The van der Waals surface area contributed by atoms with Crippen LogP contribution in [0, 0.1) is 11.3 Å². The molecule has 0 spiro atoms. The number of nitrogens with zero attached hydrogens (tertiary/aromatic N) is 2. The molecule has 0 N–H and O–H groups in total. The number of nitriles is 1. The van der Waals surface area contributed by atoms with Crippen LogP contribution in [0.3, 0.4) is 0 Å². The zero-order chi connectivity index (χ0) is 10.5. The monoisotopic (exact) mass is 194 g/mol. The molecule has 1 aromatic heterocycles. The largest absolute Gasteiger partial charge is 0.246 e. The maximum absolute atomic E-state index is 8.72. The summed E-state index contributed by atoms with van der Waals surface area (Å²) in [6.45, 7) is 0. The average Bonchev–Trinajstić information content (AvgIpc) is 2.31. The number of benzene rings is 1. The summed E-state index contributed by atoms with van der Waals surface area (Å²) >= 11 is 0. The van der Waals surface area contributed by atoms with Gasteiger partial charge in [-0.2, -0.15) is 5.26 Å². The lowest BCUT2D eigenvalue weighted by Crippen LogP contribution is -1.90. The molecule has 1 aromatic carbocycles. The molecule has 1 heterocycles. The first-order valence-electron chi connectivity index (χ1n) is 4.77. The molecule has 0 radical (unpaired) electrons. The van der Waals surface area contributed by atoms with Crippen LogP contribution in [0.5, 0.6) is 0 Å². The molecule has 0 aliphatic heterocycles. The van der Waals surface area contributed by atoms with E-state index in [0.717, 1.165) is 12.0 Å². The first-order chi connectivity index (χ1) is 7.38. The van der Waals surface area contributed by atoms with Gasteiger partial charge in [-0.25, -0.2) is 4.98 Å². The minimum absolute atomic E-state index is 0.475. The first kappa shape index (κ1) is 9.42. The molecule has 2 nitrogen and oxygen atoms in total. The van der Waals surface area contributed by atoms with Crippen LogP contribution in [-0.4, -0.2) is 4.98 Å². The van der Waals surface area contributed by atoms with Crippen molar-refractivity contribution in [1.29, 1.82) is 5.26 Å². The predicted octanol–water partition coefficient (Wildman–Crippen LogP) is 2.54. The van der Waals surface area contributed by atoms with Gasteiger partial charge in [-0.1, -0.05) is 30.3 Å². The van der Waals surface area contributed by atoms with Crippen molar-refractivity contribution in [1.82, 2.24) is 4.98 Å². The summed E-state index contributed by atoms with van der Waals surface area (Å²) in [5.41, 5.74) is 2.84. The van der Waals surface area contributed by atoms with E-state index in [1.54, 1.807) is 6.20 Å². The SMILES string of the molecule is N#Cc1cc(Cc2ccccc2)ccn1. The number of hydrogen-bond acceptors (Lipinski definition) is 2. The van der Waals surface area contributed by atoms with Crippen molar-refractivity contribution in [2.45, 2.75) is 6.42 Å². The Morgan fingerprint density at radius 2 is 1.87 bits per heavy atom. The summed E-state index contributed by atoms with van der Waals surface area (Å²) in [7, 11) is 0. The van der Waals surface area contributed by atoms with Crippen molar-refractivity contribution >= 4 is 0 Å². The number of rotatable bonds is 2. The Kier molecular flexibility index (Phi) is 2.75. The van der Waals surface area contributed by atoms with Gasteiger partial charge >= 0.3 is 0 Å². The van der Waals surface area contributed by atoms with Crippen molar-refractivity contribution in [3.8, 4) is 6.07 Å². The third-order valence-corrected chi connectivity index (χ3v) is 2.19. The molecule has 2 heteroatoms. The zero-order valence-corrected chi connectivity index (χ0v) is 8.22. The minimum Gasteiger partial charge on any atom is -0.246 e. The zero-order valence-electron chi connectivity index (χ0n) is 8.22. The number of pyridine rings is 1. The van der Waals surface area contributed by atoms with Crippen LogP contribution in [0.2, 0.25) is 0 Å². The molecule has 0 fully saturated rings. The predicted molar refractivity (Wildman–Crippen MR) is 58.2 cm³/mol. The van der Waals surface area contributed by atoms with E-state index >= 15 is 0 Å². The summed E-state index contributed by atoms with van der Waals surface area (Å²) < 4.78 is 0. The van der Waals surface area contributed by atoms with Crippen molar-refractivity contribution < 1.29 is 0 Å². The lowest BCUT2D eigenvalue weighted by Gasteiger charge is -2.01. The molecular formula is C13H10N2. The van der Waals surface area contributed by atoms with Gasteiger partial charge in [0.2, 0.25) is 0 Å². The summed E-state index contributed by atoms with van der Waals surface area (Å²) in [6, 6.07) is 16.0. The number of aromatic nitrogens is 1.